The second kappa shape index (κ2) is 19.4. The largest absolute Gasteiger partial charge is 0.481 e. The molecule has 0 aliphatic rings. The van der Waals surface area contributed by atoms with Gasteiger partial charge in [-0.05, 0) is 38.2 Å². The molecular formula is C23H42O4. The van der Waals surface area contributed by atoms with E-state index in [0.29, 0.717) is 6.42 Å². The van der Waals surface area contributed by atoms with Crippen molar-refractivity contribution >= 4 is 11.9 Å². The molecule has 0 bridgehead atoms. The first-order valence-electron chi connectivity index (χ1n) is 11.2. The quantitative estimate of drug-likeness (QED) is 0.151. The van der Waals surface area contributed by atoms with Crippen LogP contribution >= 0.6 is 0 Å². The van der Waals surface area contributed by atoms with Crippen LogP contribution in [0, 0.1) is 0 Å². The second-order valence-electron chi connectivity index (χ2n) is 7.46. The molecule has 0 saturated heterocycles. The normalized spacial score (nSPS) is 12.4. The van der Waals surface area contributed by atoms with Crippen LogP contribution in [0.5, 0.6) is 0 Å². The van der Waals surface area contributed by atoms with Gasteiger partial charge < -0.3 is 9.84 Å². The summed E-state index contributed by atoms with van der Waals surface area (Å²) in [5.74, 6) is -0.810. The first-order valence-corrected chi connectivity index (χ1v) is 11.2. The molecule has 1 atom stereocenters. The number of allylic oxidation sites excluding steroid dienone is 1. The minimum absolute atomic E-state index is 0.0828. The molecule has 0 radical (unpaired) electrons. The average Bonchev–Trinajstić information content (AvgIpc) is 2.63. The lowest BCUT2D eigenvalue weighted by Gasteiger charge is -2.14. The summed E-state index contributed by atoms with van der Waals surface area (Å²) in [6.45, 7) is 4.35. The third kappa shape index (κ3) is 19.3. The van der Waals surface area contributed by atoms with Crippen LogP contribution in [0.25, 0.3) is 0 Å². The number of rotatable bonds is 19. The van der Waals surface area contributed by atoms with Crippen molar-refractivity contribution in [2.75, 3.05) is 0 Å². The fourth-order valence-corrected chi connectivity index (χ4v) is 3.04. The fourth-order valence-electron chi connectivity index (χ4n) is 3.04. The van der Waals surface area contributed by atoms with E-state index in [0.717, 1.165) is 57.8 Å². The van der Waals surface area contributed by atoms with Crippen molar-refractivity contribution in [3.8, 4) is 0 Å². The fraction of sp³-hybridized carbons (Fsp3) is 0.826. The lowest BCUT2D eigenvalue weighted by Crippen LogP contribution is -2.16. The van der Waals surface area contributed by atoms with E-state index in [1.165, 1.54) is 32.1 Å². The van der Waals surface area contributed by atoms with Crippen molar-refractivity contribution in [1.29, 1.82) is 0 Å². The average molecular weight is 383 g/mol. The standard InChI is InChI=1S/C23H42O4/c1-3-5-7-8-9-10-16-20-23(26)27-21(17-13-6-4-2)18-14-11-12-15-19-22(24)25/h13,17,21H,3-12,14-16,18-20H2,1-2H3,(H,24,25)/b17-13-. The molecule has 4 nitrogen and oxygen atoms in total. The Hall–Kier alpha value is -1.32. The number of esters is 1. The van der Waals surface area contributed by atoms with Gasteiger partial charge in [-0.15, -0.1) is 0 Å². The van der Waals surface area contributed by atoms with Gasteiger partial charge in [0.05, 0.1) is 0 Å². The van der Waals surface area contributed by atoms with Crippen molar-refractivity contribution in [3.05, 3.63) is 12.2 Å². The Morgan fingerprint density at radius 3 is 2.04 bits per heavy atom. The third-order valence-electron chi connectivity index (χ3n) is 4.70. The number of hydrogen-bond acceptors (Lipinski definition) is 3. The summed E-state index contributed by atoms with van der Waals surface area (Å²) in [7, 11) is 0. The smallest absolute Gasteiger partial charge is 0.306 e. The highest BCUT2D eigenvalue weighted by Gasteiger charge is 2.11. The van der Waals surface area contributed by atoms with Crippen LogP contribution in [0.2, 0.25) is 0 Å². The van der Waals surface area contributed by atoms with E-state index in [9.17, 15) is 9.59 Å². The van der Waals surface area contributed by atoms with Crippen LogP contribution < -0.4 is 0 Å². The summed E-state index contributed by atoms with van der Waals surface area (Å²) in [6.07, 6.45) is 19.7. The summed E-state index contributed by atoms with van der Waals surface area (Å²) in [4.78, 5) is 22.6. The predicted octanol–water partition coefficient (Wildman–Crippen LogP) is 6.82. The highest BCUT2D eigenvalue weighted by molar-refractivity contribution is 5.69. The zero-order valence-electron chi connectivity index (χ0n) is 17.7. The van der Waals surface area contributed by atoms with Gasteiger partial charge in [0.25, 0.3) is 0 Å². The van der Waals surface area contributed by atoms with Crippen LogP contribution in [0.1, 0.15) is 117 Å². The Bertz CT molecular complexity index is 390. The van der Waals surface area contributed by atoms with Crippen molar-refractivity contribution in [3.63, 3.8) is 0 Å². The first-order chi connectivity index (χ1) is 13.1. The molecule has 0 aromatic rings. The zero-order chi connectivity index (χ0) is 20.2. The Kier molecular flexibility index (Phi) is 18.5. The van der Waals surface area contributed by atoms with Gasteiger partial charge in [0, 0.05) is 12.8 Å². The van der Waals surface area contributed by atoms with E-state index >= 15 is 0 Å². The van der Waals surface area contributed by atoms with Crippen LogP contribution in [-0.2, 0) is 14.3 Å². The number of carboxylic acids is 1. The molecule has 0 aliphatic carbocycles. The minimum Gasteiger partial charge on any atom is -0.481 e. The Balaban J connectivity index is 3.97. The van der Waals surface area contributed by atoms with Crippen molar-refractivity contribution in [2.45, 2.75) is 123 Å². The van der Waals surface area contributed by atoms with E-state index < -0.39 is 5.97 Å². The molecule has 0 spiro atoms. The molecule has 27 heavy (non-hydrogen) atoms. The molecule has 158 valence electrons. The molecule has 0 aromatic carbocycles. The molecule has 0 fully saturated rings. The van der Waals surface area contributed by atoms with Crippen molar-refractivity contribution in [2.24, 2.45) is 0 Å². The summed E-state index contributed by atoms with van der Waals surface area (Å²) < 4.78 is 5.67. The molecule has 0 heterocycles. The molecule has 4 heteroatoms. The number of aliphatic carboxylic acids is 1. The number of unbranched alkanes of at least 4 members (excludes halogenated alkanes) is 10. The number of ether oxygens (including phenoxy) is 1. The Labute approximate surface area is 166 Å². The van der Waals surface area contributed by atoms with E-state index in [-0.39, 0.29) is 18.5 Å². The van der Waals surface area contributed by atoms with Gasteiger partial charge in [0.2, 0.25) is 0 Å². The third-order valence-corrected chi connectivity index (χ3v) is 4.70. The van der Waals surface area contributed by atoms with Gasteiger partial charge in [-0.3, -0.25) is 9.59 Å². The Morgan fingerprint density at radius 1 is 0.815 bits per heavy atom. The van der Waals surface area contributed by atoms with E-state index in [4.69, 9.17) is 9.84 Å². The van der Waals surface area contributed by atoms with Gasteiger partial charge >= 0.3 is 11.9 Å². The maximum absolute atomic E-state index is 12.1. The number of carbonyl (C=O) groups is 2. The summed E-state index contributed by atoms with van der Waals surface area (Å²) >= 11 is 0. The molecule has 0 aromatic heterocycles. The maximum Gasteiger partial charge on any atom is 0.306 e. The van der Waals surface area contributed by atoms with Crippen LogP contribution in [0.15, 0.2) is 12.2 Å². The molecule has 0 amide bonds. The van der Waals surface area contributed by atoms with Gasteiger partial charge in [0.1, 0.15) is 6.10 Å². The monoisotopic (exact) mass is 382 g/mol. The van der Waals surface area contributed by atoms with Gasteiger partial charge in [-0.1, -0.05) is 77.7 Å². The minimum atomic E-state index is -0.727. The highest BCUT2D eigenvalue weighted by atomic mass is 16.5. The maximum atomic E-state index is 12.1. The second-order valence-corrected chi connectivity index (χ2v) is 7.46. The van der Waals surface area contributed by atoms with Crippen molar-refractivity contribution < 1.29 is 19.4 Å². The Morgan fingerprint density at radius 2 is 1.41 bits per heavy atom. The highest BCUT2D eigenvalue weighted by Crippen LogP contribution is 2.14. The summed E-state index contributed by atoms with van der Waals surface area (Å²) in [5.41, 5.74) is 0. The number of hydrogen-bond donors (Lipinski definition) is 1. The molecule has 1 N–H and O–H groups in total. The van der Waals surface area contributed by atoms with Crippen LogP contribution in [-0.4, -0.2) is 23.1 Å². The molecule has 1 unspecified atom stereocenters. The number of carboxylic acid groups (broad SMARTS) is 1. The van der Waals surface area contributed by atoms with Gasteiger partial charge in [-0.2, -0.15) is 0 Å². The molecule has 0 aliphatic heterocycles. The zero-order valence-corrected chi connectivity index (χ0v) is 17.7. The molecule has 0 saturated carbocycles. The topological polar surface area (TPSA) is 63.6 Å². The van der Waals surface area contributed by atoms with Crippen LogP contribution in [0.3, 0.4) is 0 Å². The molecule has 0 rings (SSSR count). The van der Waals surface area contributed by atoms with Crippen molar-refractivity contribution in [1.82, 2.24) is 0 Å². The summed E-state index contributed by atoms with van der Waals surface area (Å²) in [5, 5.41) is 8.65. The van der Waals surface area contributed by atoms with Crippen LogP contribution in [0.4, 0.5) is 0 Å². The van der Waals surface area contributed by atoms with E-state index in [1.54, 1.807) is 0 Å². The lowest BCUT2D eigenvalue weighted by molar-refractivity contribution is -0.147. The number of carbonyl (C=O) groups excluding carboxylic acids is 1. The van der Waals surface area contributed by atoms with E-state index in [1.807, 2.05) is 6.08 Å². The lowest BCUT2D eigenvalue weighted by atomic mass is 10.1. The SMILES string of the molecule is CCC/C=C\C(CCCCCCC(=O)O)OC(=O)CCCCCCCCC. The first kappa shape index (κ1) is 25.7. The predicted molar refractivity (Wildman–Crippen MR) is 112 cm³/mol. The summed E-state index contributed by atoms with van der Waals surface area (Å²) in [6, 6.07) is 0. The molecular weight excluding hydrogens is 340 g/mol. The van der Waals surface area contributed by atoms with E-state index in [2.05, 4.69) is 19.9 Å². The van der Waals surface area contributed by atoms with Gasteiger partial charge in [0.15, 0.2) is 0 Å². The van der Waals surface area contributed by atoms with Gasteiger partial charge in [-0.25, -0.2) is 0 Å².